The Morgan fingerprint density at radius 3 is 2.36 bits per heavy atom. The van der Waals surface area contributed by atoms with Crippen molar-refractivity contribution >= 4 is 45.7 Å². The largest absolute Gasteiger partial charge is 0.491 e. The van der Waals surface area contributed by atoms with E-state index in [4.69, 9.17) is 27.9 Å². The predicted octanol–water partition coefficient (Wildman–Crippen LogP) is 5.24. The first-order valence-electron chi connectivity index (χ1n) is 6.55. The fourth-order valence-electron chi connectivity index (χ4n) is 2.09. The normalized spacial score (nSPS) is 10.9. The fraction of sp³-hybridized carbons (Fsp3) is 0.125. The minimum absolute atomic E-state index is 0.225. The standard InChI is InChI=1S/C16H12Cl2N2OS/c1-21-13-14(17)19-16(20-15(13)18)22-9-10-6-7-11-4-2-3-5-12(11)8-10/h2-8H,9H2,1H3. The summed E-state index contributed by atoms with van der Waals surface area (Å²) in [5, 5.41) is 3.42. The van der Waals surface area contributed by atoms with Crippen LogP contribution in [0, 0.1) is 0 Å². The average molecular weight is 351 g/mol. The predicted molar refractivity (Wildman–Crippen MR) is 92.1 cm³/mol. The fourth-order valence-corrected chi connectivity index (χ4v) is 3.52. The van der Waals surface area contributed by atoms with Crippen molar-refractivity contribution in [2.24, 2.45) is 0 Å². The van der Waals surface area contributed by atoms with E-state index < -0.39 is 0 Å². The molecule has 112 valence electrons. The first-order valence-corrected chi connectivity index (χ1v) is 8.29. The van der Waals surface area contributed by atoms with Gasteiger partial charge in [0.25, 0.3) is 0 Å². The van der Waals surface area contributed by atoms with Crippen molar-refractivity contribution in [3.8, 4) is 5.75 Å². The third-order valence-corrected chi connectivity index (χ3v) is 4.58. The van der Waals surface area contributed by atoms with Crippen LogP contribution in [-0.4, -0.2) is 17.1 Å². The van der Waals surface area contributed by atoms with Crippen molar-refractivity contribution in [1.82, 2.24) is 9.97 Å². The van der Waals surface area contributed by atoms with Crippen LogP contribution in [0.15, 0.2) is 47.6 Å². The van der Waals surface area contributed by atoms with Crippen molar-refractivity contribution in [2.75, 3.05) is 7.11 Å². The number of nitrogens with zero attached hydrogens (tertiary/aromatic N) is 2. The molecule has 0 amide bonds. The first-order chi connectivity index (χ1) is 10.7. The van der Waals surface area contributed by atoms with Crippen molar-refractivity contribution < 1.29 is 4.74 Å². The van der Waals surface area contributed by atoms with Crippen LogP contribution in [0.1, 0.15) is 5.56 Å². The molecule has 6 heteroatoms. The molecule has 1 aromatic heterocycles. The third-order valence-electron chi connectivity index (χ3n) is 3.15. The van der Waals surface area contributed by atoms with Gasteiger partial charge in [0.15, 0.2) is 21.2 Å². The number of fused-ring (bicyclic) bond motifs is 1. The van der Waals surface area contributed by atoms with E-state index in [0.717, 1.165) is 5.75 Å². The number of hydrogen-bond donors (Lipinski definition) is 0. The molecule has 0 aliphatic carbocycles. The second kappa shape index (κ2) is 6.73. The Bertz CT molecular complexity index is 803. The number of benzene rings is 2. The molecule has 0 fully saturated rings. The molecule has 0 bridgehead atoms. The van der Waals surface area contributed by atoms with Crippen LogP contribution in [0.4, 0.5) is 0 Å². The highest BCUT2D eigenvalue weighted by Crippen LogP contribution is 2.32. The molecule has 2 aromatic carbocycles. The van der Waals surface area contributed by atoms with Gasteiger partial charge in [-0.25, -0.2) is 9.97 Å². The van der Waals surface area contributed by atoms with Gasteiger partial charge in [0, 0.05) is 5.75 Å². The lowest BCUT2D eigenvalue weighted by molar-refractivity contribution is 0.409. The topological polar surface area (TPSA) is 35.0 Å². The molecule has 22 heavy (non-hydrogen) atoms. The number of hydrogen-bond acceptors (Lipinski definition) is 4. The number of ether oxygens (including phenoxy) is 1. The molecule has 3 nitrogen and oxygen atoms in total. The van der Waals surface area contributed by atoms with Gasteiger partial charge >= 0.3 is 0 Å². The van der Waals surface area contributed by atoms with Gasteiger partial charge in [-0.1, -0.05) is 77.4 Å². The Labute approximate surface area is 142 Å². The lowest BCUT2D eigenvalue weighted by Crippen LogP contribution is -1.94. The molecule has 0 aliphatic heterocycles. The molecule has 0 radical (unpaired) electrons. The second-order valence-electron chi connectivity index (χ2n) is 4.59. The number of thioether (sulfide) groups is 1. The van der Waals surface area contributed by atoms with E-state index in [0.29, 0.717) is 10.9 Å². The molecule has 0 aliphatic rings. The first kappa shape index (κ1) is 15.4. The molecule has 0 saturated carbocycles. The van der Waals surface area contributed by atoms with Gasteiger partial charge in [0.05, 0.1) is 7.11 Å². The van der Waals surface area contributed by atoms with Gasteiger partial charge in [-0.3, -0.25) is 0 Å². The maximum Gasteiger partial charge on any atom is 0.193 e. The number of aromatic nitrogens is 2. The average Bonchev–Trinajstić information content (AvgIpc) is 2.52. The Kier molecular flexibility index (Phi) is 4.71. The Balaban J connectivity index is 1.79. The van der Waals surface area contributed by atoms with Crippen molar-refractivity contribution in [1.29, 1.82) is 0 Å². The maximum atomic E-state index is 6.02. The summed E-state index contributed by atoms with van der Waals surface area (Å²) in [6.07, 6.45) is 0. The zero-order valence-corrected chi connectivity index (χ0v) is 14.0. The lowest BCUT2D eigenvalue weighted by atomic mass is 10.1. The third kappa shape index (κ3) is 3.29. The van der Waals surface area contributed by atoms with E-state index in [-0.39, 0.29) is 10.3 Å². The molecule has 3 rings (SSSR count). The molecule has 0 N–H and O–H groups in total. The quantitative estimate of drug-likeness (QED) is 0.366. The molecular weight excluding hydrogens is 339 g/mol. The van der Waals surface area contributed by atoms with Crippen molar-refractivity contribution in [2.45, 2.75) is 10.9 Å². The summed E-state index contributed by atoms with van der Waals surface area (Å²) in [4.78, 5) is 8.38. The monoisotopic (exact) mass is 350 g/mol. The van der Waals surface area contributed by atoms with Crippen LogP contribution in [0.2, 0.25) is 10.3 Å². The van der Waals surface area contributed by atoms with Gasteiger partial charge in [-0.05, 0) is 16.3 Å². The van der Waals surface area contributed by atoms with E-state index in [1.807, 2.05) is 12.1 Å². The van der Waals surface area contributed by atoms with Crippen LogP contribution in [-0.2, 0) is 5.75 Å². The molecule has 0 saturated heterocycles. The lowest BCUT2D eigenvalue weighted by Gasteiger charge is -2.07. The molecule has 3 aromatic rings. The summed E-state index contributed by atoms with van der Waals surface area (Å²) in [5.41, 5.74) is 1.19. The minimum atomic E-state index is 0.225. The number of methoxy groups -OCH3 is 1. The van der Waals surface area contributed by atoms with Crippen molar-refractivity contribution in [3.05, 3.63) is 58.3 Å². The van der Waals surface area contributed by atoms with Crippen LogP contribution >= 0.6 is 35.0 Å². The minimum Gasteiger partial charge on any atom is -0.491 e. The Morgan fingerprint density at radius 1 is 1.00 bits per heavy atom. The summed E-state index contributed by atoms with van der Waals surface area (Å²) in [6.45, 7) is 0. The summed E-state index contributed by atoms with van der Waals surface area (Å²) in [7, 11) is 1.48. The highest BCUT2D eigenvalue weighted by molar-refractivity contribution is 7.98. The van der Waals surface area contributed by atoms with Gasteiger partial charge < -0.3 is 4.74 Å². The van der Waals surface area contributed by atoms with Gasteiger partial charge in [0.2, 0.25) is 0 Å². The molecule has 0 unspecified atom stereocenters. The molecule has 0 spiro atoms. The summed E-state index contributed by atoms with van der Waals surface area (Å²) in [6, 6.07) is 14.6. The highest BCUT2D eigenvalue weighted by atomic mass is 35.5. The smallest absolute Gasteiger partial charge is 0.193 e. The SMILES string of the molecule is COc1c(Cl)nc(SCc2ccc3ccccc3c2)nc1Cl. The maximum absolute atomic E-state index is 6.02. The zero-order valence-electron chi connectivity index (χ0n) is 11.7. The van der Waals surface area contributed by atoms with E-state index in [2.05, 4.69) is 40.3 Å². The van der Waals surface area contributed by atoms with Crippen LogP contribution in [0.5, 0.6) is 5.75 Å². The van der Waals surface area contributed by atoms with Gasteiger partial charge in [0.1, 0.15) is 0 Å². The van der Waals surface area contributed by atoms with E-state index >= 15 is 0 Å². The number of rotatable bonds is 4. The summed E-state index contributed by atoms with van der Waals surface area (Å²) >= 11 is 13.5. The summed E-state index contributed by atoms with van der Waals surface area (Å²) in [5.74, 6) is 1.04. The molecular formula is C16H12Cl2N2OS. The van der Waals surface area contributed by atoms with E-state index in [1.165, 1.54) is 35.2 Å². The number of halogens is 2. The highest BCUT2D eigenvalue weighted by Gasteiger charge is 2.12. The Hall–Kier alpha value is -1.49. The molecule has 0 atom stereocenters. The van der Waals surface area contributed by atoms with E-state index in [1.54, 1.807) is 0 Å². The van der Waals surface area contributed by atoms with Gasteiger partial charge in [-0.15, -0.1) is 0 Å². The zero-order chi connectivity index (χ0) is 15.5. The molecule has 1 heterocycles. The van der Waals surface area contributed by atoms with Crippen molar-refractivity contribution in [3.63, 3.8) is 0 Å². The van der Waals surface area contributed by atoms with Crippen LogP contribution in [0.25, 0.3) is 10.8 Å². The van der Waals surface area contributed by atoms with Gasteiger partial charge in [-0.2, -0.15) is 0 Å². The Morgan fingerprint density at radius 2 is 1.68 bits per heavy atom. The van der Waals surface area contributed by atoms with E-state index in [9.17, 15) is 0 Å². The summed E-state index contributed by atoms with van der Waals surface area (Å²) < 4.78 is 5.04. The second-order valence-corrected chi connectivity index (χ2v) is 6.25. The van der Waals surface area contributed by atoms with Crippen LogP contribution < -0.4 is 4.74 Å². The van der Waals surface area contributed by atoms with Crippen LogP contribution in [0.3, 0.4) is 0 Å².